The van der Waals surface area contributed by atoms with Crippen LogP contribution in [0, 0.1) is 40.9 Å². The summed E-state index contributed by atoms with van der Waals surface area (Å²) < 4.78 is 68.9. The fourth-order valence-electron chi connectivity index (χ4n) is 3.54. The smallest absolute Gasteiger partial charge is 0.194 e. The summed E-state index contributed by atoms with van der Waals surface area (Å²) >= 11 is 0. The molecule has 0 saturated carbocycles. The van der Waals surface area contributed by atoms with E-state index >= 15 is 0 Å². The summed E-state index contributed by atoms with van der Waals surface area (Å²) in [5.74, 6) is -1.79. The van der Waals surface area contributed by atoms with Gasteiger partial charge < -0.3 is 0 Å². The highest BCUT2D eigenvalue weighted by Gasteiger charge is 2.12. The minimum Gasteiger partial charge on any atom is -0.205 e. The fourth-order valence-corrected chi connectivity index (χ4v) is 3.54. The average Bonchev–Trinajstić information content (AvgIpc) is 2.76. The highest BCUT2D eigenvalue weighted by atomic mass is 19.2. The average molecular weight is 436 g/mol. The Hall–Kier alpha value is -3.65. The molecule has 0 nitrogen and oxygen atoms in total. The Bertz CT molecular complexity index is 1350. The Kier molecular flexibility index (Phi) is 5.96. The van der Waals surface area contributed by atoms with Crippen LogP contribution in [0.25, 0.3) is 21.9 Å². The molecule has 4 aromatic rings. The standard InChI is InChI=1S/C27H17F5/c1-2-3-16-4-6-19-13-20(8-7-18(19)10-16)21-14-23(28)22(24(29)15-21)9-5-17-11-25(30)27(32)26(31)12-17/h4,6-8,10-15H,2-3H2,1H3. The molecule has 0 fully saturated rings. The summed E-state index contributed by atoms with van der Waals surface area (Å²) in [6, 6.07) is 15.3. The van der Waals surface area contributed by atoms with Crippen molar-refractivity contribution in [2.75, 3.05) is 0 Å². The van der Waals surface area contributed by atoms with Gasteiger partial charge in [0.05, 0.1) is 5.56 Å². The van der Waals surface area contributed by atoms with E-state index < -0.39 is 34.6 Å². The van der Waals surface area contributed by atoms with E-state index in [9.17, 15) is 22.0 Å². The van der Waals surface area contributed by atoms with Crippen molar-refractivity contribution in [1.29, 1.82) is 0 Å². The van der Waals surface area contributed by atoms with E-state index in [4.69, 9.17) is 0 Å². The molecule has 0 aliphatic heterocycles. The number of halogens is 5. The Morgan fingerprint density at radius 1 is 0.625 bits per heavy atom. The summed E-state index contributed by atoms with van der Waals surface area (Å²) in [7, 11) is 0. The summed E-state index contributed by atoms with van der Waals surface area (Å²) in [5, 5.41) is 1.99. The van der Waals surface area contributed by atoms with Crippen molar-refractivity contribution in [3.8, 4) is 23.0 Å². The molecule has 4 rings (SSSR count). The summed E-state index contributed by atoms with van der Waals surface area (Å²) in [6.07, 6.45) is 2.02. The molecule has 0 saturated heterocycles. The SMILES string of the molecule is CCCc1ccc2cc(-c3cc(F)c(C#Cc4cc(F)c(F)c(F)c4)c(F)c3)ccc2c1. The highest BCUT2D eigenvalue weighted by molar-refractivity contribution is 5.88. The molecule has 0 N–H and O–H groups in total. The van der Waals surface area contributed by atoms with Crippen LogP contribution in [0.5, 0.6) is 0 Å². The predicted molar refractivity (Wildman–Crippen MR) is 116 cm³/mol. The molecule has 0 bridgehead atoms. The number of hydrogen-bond acceptors (Lipinski definition) is 0. The van der Waals surface area contributed by atoms with E-state index in [1.807, 2.05) is 24.3 Å². The summed E-state index contributed by atoms with van der Waals surface area (Å²) in [4.78, 5) is 0. The lowest BCUT2D eigenvalue weighted by molar-refractivity contribution is 0.446. The van der Waals surface area contributed by atoms with E-state index in [0.717, 1.165) is 35.7 Å². The number of aryl methyl sites for hydroxylation is 1. The van der Waals surface area contributed by atoms with Gasteiger partial charge in [0.2, 0.25) is 0 Å². The molecule has 0 amide bonds. The van der Waals surface area contributed by atoms with Gasteiger partial charge in [-0.1, -0.05) is 55.5 Å². The first-order chi connectivity index (χ1) is 15.4. The molecule has 4 aromatic carbocycles. The molecule has 0 aliphatic carbocycles. The zero-order valence-corrected chi connectivity index (χ0v) is 17.1. The van der Waals surface area contributed by atoms with Crippen LogP contribution < -0.4 is 0 Å². The van der Waals surface area contributed by atoms with E-state index in [-0.39, 0.29) is 5.56 Å². The van der Waals surface area contributed by atoms with Crippen molar-refractivity contribution in [3.05, 3.63) is 106 Å². The molecular weight excluding hydrogens is 419 g/mol. The Morgan fingerprint density at radius 3 is 1.91 bits per heavy atom. The van der Waals surface area contributed by atoms with Gasteiger partial charge in [-0.25, -0.2) is 22.0 Å². The largest absolute Gasteiger partial charge is 0.205 e. The summed E-state index contributed by atoms with van der Waals surface area (Å²) in [5.41, 5.74) is 1.43. The van der Waals surface area contributed by atoms with Crippen LogP contribution in [0.4, 0.5) is 22.0 Å². The first-order valence-corrected chi connectivity index (χ1v) is 10.0. The molecular formula is C27H17F5. The molecule has 0 aliphatic rings. The number of fused-ring (bicyclic) bond motifs is 1. The minimum atomic E-state index is -1.63. The van der Waals surface area contributed by atoms with Gasteiger partial charge in [0.15, 0.2) is 17.5 Å². The second-order valence-electron chi connectivity index (χ2n) is 7.47. The lowest BCUT2D eigenvalue weighted by atomic mass is 9.98. The number of rotatable bonds is 3. The van der Waals surface area contributed by atoms with E-state index in [2.05, 4.69) is 24.8 Å². The van der Waals surface area contributed by atoms with Crippen LogP contribution in [-0.2, 0) is 6.42 Å². The Balaban J connectivity index is 1.68. The second-order valence-corrected chi connectivity index (χ2v) is 7.47. The third kappa shape index (κ3) is 4.36. The van der Waals surface area contributed by atoms with Crippen molar-refractivity contribution in [3.63, 3.8) is 0 Å². The van der Waals surface area contributed by atoms with Crippen LogP contribution in [0.2, 0.25) is 0 Å². The molecule has 0 radical (unpaired) electrons. The van der Waals surface area contributed by atoms with Gasteiger partial charge in [-0.2, -0.15) is 0 Å². The normalized spacial score (nSPS) is 10.8. The first-order valence-electron chi connectivity index (χ1n) is 10.0. The maximum atomic E-state index is 14.6. The van der Waals surface area contributed by atoms with Crippen molar-refractivity contribution in [1.82, 2.24) is 0 Å². The molecule has 0 spiro atoms. The third-order valence-electron chi connectivity index (χ3n) is 5.13. The molecule has 0 atom stereocenters. The van der Waals surface area contributed by atoms with Crippen molar-refractivity contribution < 1.29 is 22.0 Å². The fraction of sp³-hybridized carbons (Fsp3) is 0.111. The molecule has 0 aromatic heterocycles. The van der Waals surface area contributed by atoms with Gasteiger partial charge in [0, 0.05) is 5.56 Å². The van der Waals surface area contributed by atoms with Gasteiger partial charge in [-0.05, 0) is 64.2 Å². The van der Waals surface area contributed by atoms with Gasteiger partial charge in [0.1, 0.15) is 11.6 Å². The molecule has 0 heterocycles. The molecule has 5 heteroatoms. The van der Waals surface area contributed by atoms with Crippen molar-refractivity contribution in [2.24, 2.45) is 0 Å². The van der Waals surface area contributed by atoms with Crippen molar-refractivity contribution >= 4 is 10.8 Å². The topological polar surface area (TPSA) is 0 Å². The van der Waals surface area contributed by atoms with E-state index in [1.165, 1.54) is 5.56 Å². The van der Waals surface area contributed by atoms with Gasteiger partial charge >= 0.3 is 0 Å². The van der Waals surface area contributed by atoms with Gasteiger partial charge in [-0.3, -0.25) is 0 Å². The Morgan fingerprint density at radius 2 is 1.25 bits per heavy atom. The van der Waals surface area contributed by atoms with E-state index in [1.54, 1.807) is 6.07 Å². The monoisotopic (exact) mass is 436 g/mol. The van der Waals surface area contributed by atoms with Crippen LogP contribution in [0.1, 0.15) is 30.0 Å². The summed E-state index contributed by atoms with van der Waals surface area (Å²) in [6.45, 7) is 2.11. The quantitative estimate of drug-likeness (QED) is 0.177. The van der Waals surface area contributed by atoms with E-state index in [0.29, 0.717) is 23.3 Å². The minimum absolute atomic E-state index is 0.235. The second kappa shape index (κ2) is 8.84. The first kappa shape index (κ1) is 21.6. The van der Waals surface area contributed by atoms with Crippen molar-refractivity contribution in [2.45, 2.75) is 19.8 Å². The molecule has 0 unspecified atom stereocenters. The van der Waals surface area contributed by atoms with Gasteiger partial charge in [0.25, 0.3) is 0 Å². The lowest BCUT2D eigenvalue weighted by Crippen LogP contribution is -1.94. The zero-order valence-electron chi connectivity index (χ0n) is 17.1. The predicted octanol–water partition coefficient (Wildman–Crippen LogP) is 7.55. The van der Waals surface area contributed by atoms with Gasteiger partial charge in [-0.15, -0.1) is 0 Å². The highest BCUT2D eigenvalue weighted by Crippen LogP contribution is 2.28. The zero-order chi connectivity index (χ0) is 22.8. The maximum absolute atomic E-state index is 14.6. The van der Waals surface area contributed by atoms with Crippen LogP contribution >= 0.6 is 0 Å². The number of benzene rings is 4. The molecule has 32 heavy (non-hydrogen) atoms. The van der Waals surface area contributed by atoms with Crippen LogP contribution in [0.3, 0.4) is 0 Å². The lowest BCUT2D eigenvalue weighted by Gasteiger charge is -2.08. The number of hydrogen-bond donors (Lipinski definition) is 0. The third-order valence-corrected chi connectivity index (χ3v) is 5.13. The Labute approximate surface area is 182 Å². The maximum Gasteiger partial charge on any atom is 0.194 e. The molecule has 160 valence electrons. The van der Waals surface area contributed by atoms with Crippen LogP contribution in [0.15, 0.2) is 60.7 Å². The van der Waals surface area contributed by atoms with Crippen LogP contribution in [-0.4, -0.2) is 0 Å².